The fourth-order valence-electron chi connectivity index (χ4n) is 2.35. The van der Waals surface area contributed by atoms with Crippen LogP contribution in [0.2, 0.25) is 0 Å². The van der Waals surface area contributed by atoms with Crippen molar-refractivity contribution in [3.63, 3.8) is 0 Å². The summed E-state index contributed by atoms with van der Waals surface area (Å²) in [5.74, 6) is 0.657. The van der Waals surface area contributed by atoms with E-state index in [-0.39, 0.29) is 18.4 Å². The zero-order valence-electron chi connectivity index (χ0n) is 10.4. The molecular formula is C13H16BrNO4. The van der Waals surface area contributed by atoms with E-state index < -0.39 is 4.92 Å². The first kappa shape index (κ1) is 14.3. The second-order valence-electron chi connectivity index (χ2n) is 4.81. The Balaban J connectivity index is 2.06. The first-order valence-corrected chi connectivity index (χ1v) is 7.11. The van der Waals surface area contributed by atoms with E-state index in [0.717, 1.165) is 30.2 Å². The summed E-state index contributed by atoms with van der Waals surface area (Å²) in [4.78, 5) is 10.5. The molecule has 0 saturated heterocycles. The second-order valence-corrected chi connectivity index (χ2v) is 5.73. The van der Waals surface area contributed by atoms with Crippen LogP contribution in [0.4, 0.5) is 5.69 Å². The van der Waals surface area contributed by atoms with E-state index in [4.69, 9.17) is 9.84 Å². The van der Waals surface area contributed by atoms with Crippen molar-refractivity contribution in [2.45, 2.75) is 31.8 Å². The van der Waals surface area contributed by atoms with Gasteiger partial charge in [-0.25, -0.2) is 0 Å². The molecule has 5 nitrogen and oxygen atoms in total. The molecule has 1 aliphatic carbocycles. The highest BCUT2D eigenvalue weighted by Gasteiger charge is 2.24. The van der Waals surface area contributed by atoms with Crippen molar-refractivity contribution < 1.29 is 14.8 Å². The summed E-state index contributed by atoms with van der Waals surface area (Å²) in [5, 5.41) is 20.0. The summed E-state index contributed by atoms with van der Waals surface area (Å²) >= 11 is 3.30. The van der Waals surface area contributed by atoms with Crippen LogP contribution in [0.25, 0.3) is 0 Å². The Labute approximate surface area is 119 Å². The largest absolute Gasteiger partial charge is 0.483 e. The number of halogens is 1. The molecule has 1 fully saturated rings. The second kappa shape index (κ2) is 6.34. The highest BCUT2D eigenvalue weighted by Crippen LogP contribution is 2.34. The Kier molecular flexibility index (Phi) is 4.76. The minimum Gasteiger partial charge on any atom is -0.483 e. The first-order chi connectivity index (χ1) is 9.10. The number of ether oxygens (including phenoxy) is 1. The monoisotopic (exact) mass is 329 g/mol. The number of nitro benzene ring substituents is 1. The van der Waals surface area contributed by atoms with Crippen molar-refractivity contribution >= 4 is 21.6 Å². The predicted octanol–water partition coefficient (Wildman–Crippen LogP) is 3.29. The number of rotatable bonds is 4. The summed E-state index contributed by atoms with van der Waals surface area (Å²) in [7, 11) is 0. The summed E-state index contributed by atoms with van der Waals surface area (Å²) in [6, 6.07) is 4.71. The van der Waals surface area contributed by atoms with Crippen LogP contribution in [-0.4, -0.2) is 22.7 Å². The van der Waals surface area contributed by atoms with Crippen LogP contribution in [0.3, 0.4) is 0 Å². The van der Waals surface area contributed by atoms with E-state index in [0.29, 0.717) is 11.7 Å². The fourth-order valence-corrected chi connectivity index (χ4v) is 2.69. The molecule has 1 saturated carbocycles. The van der Waals surface area contributed by atoms with E-state index in [1.807, 2.05) is 0 Å². The van der Waals surface area contributed by atoms with Crippen molar-refractivity contribution in [3.05, 3.63) is 32.8 Å². The molecule has 104 valence electrons. The van der Waals surface area contributed by atoms with Crippen LogP contribution < -0.4 is 4.74 Å². The molecule has 0 amide bonds. The number of aliphatic hydroxyl groups is 1. The topological polar surface area (TPSA) is 72.6 Å². The van der Waals surface area contributed by atoms with Crippen molar-refractivity contribution in [2.75, 3.05) is 6.61 Å². The lowest BCUT2D eigenvalue weighted by Gasteiger charge is -2.27. The van der Waals surface area contributed by atoms with Gasteiger partial charge in [0.25, 0.3) is 0 Å². The van der Waals surface area contributed by atoms with Crippen molar-refractivity contribution in [2.24, 2.45) is 5.92 Å². The van der Waals surface area contributed by atoms with Crippen molar-refractivity contribution in [3.8, 4) is 5.75 Å². The summed E-state index contributed by atoms with van der Waals surface area (Å²) in [6.07, 6.45) is 3.46. The highest BCUT2D eigenvalue weighted by molar-refractivity contribution is 9.10. The third kappa shape index (κ3) is 3.67. The minimum absolute atomic E-state index is 0.00389. The van der Waals surface area contributed by atoms with E-state index in [2.05, 4.69) is 15.9 Å². The Hall–Kier alpha value is -1.14. The molecule has 0 aliphatic heterocycles. The molecule has 1 aromatic rings. The maximum Gasteiger partial charge on any atom is 0.311 e. The SMILES string of the molecule is O=[N+]([O-])c1ccc(Br)cc1OC1CCC(CO)CC1. The molecule has 0 aromatic heterocycles. The molecule has 6 heteroatoms. The van der Waals surface area contributed by atoms with Crippen LogP contribution in [-0.2, 0) is 0 Å². The molecule has 19 heavy (non-hydrogen) atoms. The van der Waals surface area contributed by atoms with Gasteiger partial charge in [-0.15, -0.1) is 0 Å². The fraction of sp³-hybridized carbons (Fsp3) is 0.538. The molecule has 0 spiro atoms. The zero-order chi connectivity index (χ0) is 13.8. The Bertz CT molecular complexity index is 458. The van der Waals surface area contributed by atoms with E-state index in [1.54, 1.807) is 12.1 Å². The lowest BCUT2D eigenvalue weighted by molar-refractivity contribution is -0.386. The standard InChI is InChI=1S/C13H16BrNO4/c14-10-3-6-12(15(17)18)13(7-10)19-11-4-1-9(8-16)2-5-11/h3,6-7,9,11,16H,1-2,4-5,8H2. The summed E-state index contributed by atoms with van der Waals surface area (Å²) in [6.45, 7) is 0.212. The van der Waals surface area contributed by atoms with Gasteiger partial charge in [0.2, 0.25) is 0 Å². The van der Waals surface area contributed by atoms with Crippen LogP contribution in [0.1, 0.15) is 25.7 Å². The van der Waals surface area contributed by atoms with Gasteiger partial charge >= 0.3 is 5.69 Å². The van der Waals surface area contributed by atoms with Gasteiger partial charge in [0, 0.05) is 23.2 Å². The highest BCUT2D eigenvalue weighted by atomic mass is 79.9. The molecule has 0 atom stereocenters. The molecule has 0 bridgehead atoms. The summed E-state index contributed by atoms with van der Waals surface area (Å²) < 4.78 is 6.53. The lowest BCUT2D eigenvalue weighted by atomic mass is 9.88. The molecule has 0 heterocycles. The smallest absolute Gasteiger partial charge is 0.311 e. The predicted molar refractivity (Wildman–Crippen MR) is 74.3 cm³/mol. The van der Waals surface area contributed by atoms with Crippen molar-refractivity contribution in [1.82, 2.24) is 0 Å². The van der Waals surface area contributed by atoms with Crippen molar-refractivity contribution in [1.29, 1.82) is 0 Å². The quantitative estimate of drug-likeness (QED) is 0.679. The minimum atomic E-state index is -0.429. The van der Waals surface area contributed by atoms with Gasteiger partial charge in [-0.1, -0.05) is 15.9 Å². The van der Waals surface area contributed by atoms with Gasteiger partial charge in [-0.05, 0) is 37.7 Å². The van der Waals surface area contributed by atoms with Gasteiger partial charge in [-0.3, -0.25) is 10.1 Å². The summed E-state index contributed by atoms with van der Waals surface area (Å²) in [5.41, 5.74) is -0.00696. The van der Waals surface area contributed by atoms with Gasteiger partial charge in [0.05, 0.1) is 11.0 Å². The van der Waals surface area contributed by atoms with Gasteiger partial charge < -0.3 is 9.84 Å². The average molecular weight is 330 g/mol. The lowest BCUT2D eigenvalue weighted by Crippen LogP contribution is -2.25. The number of nitro groups is 1. The molecule has 1 N–H and O–H groups in total. The number of nitrogens with zero attached hydrogens (tertiary/aromatic N) is 1. The molecular weight excluding hydrogens is 314 g/mol. The van der Waals surface area contributed by atoms with Crippen LogP contribution >= 0.6 is 15.9 Å². The van der Waals surface area contributed by atoms with E-state index >= 15 is 0 Å². The van der Waals surface area contributed by atoms with E-state index in [9.17, 15) is 10.1 Å². The Morgan fingerprint density at radius 3 is 2.63 bits per heavy atom. The van der Waals surface area contributed by atoms with Crippen LogP contribution in [0.15, 0.2) is 22.7 Å². The Morgan fingerprint density at radius 2 is 2.05 bits per heavy atom. The number of hydrogen-bond acceptors (Lipinski definition) is 4. The molecule has 0 radical (unpaired) electrons. The maximum absolute atomic E-state index is 11.0. The third-order valence-electron chi connectivity index (χ3n) is 3.46. The first-order valence-electron chi connectivity index (χ1n) is 6.31. The Morgan fingerprint density at radius 1 is 1.37 bits per heavy atom. The molecule has 1 aromatic carbocycles. The zero-order valence-corrected chi connectivity index (χ0v) is 12.0. The molecule has 2 rings (SSSR count). The van der Waals surface area contributed by atoms with Gasteiger partial charge in [0.15, 0.2) is 5.75 Å². The third-order valence-corrected chi connectivity index (χ3v) is 3.96. The van der Waals surface area contributed by atoms with E-state index in [1.165, 1.54) is 6.07 Å². The maximum atomic E-state index is 11.0. The molecule has 1 aliphatic rings. The number of benzene rings is 1. The average Bonchev–Trinajstić information content (AvgIpc) is 2.39. The van der Waals surface area contributed by atoms with Gasteiger partial charge in [0.1, 0.15) is 0 Å². The number of hydrogen-bond donors (Lipinski definition) is 1. The molecule has 0 unspecified atom stereocenters. The van der Waals surface area contributed by atoms with Gasteiger partial charge in [-0.2, -0.15) is 0 Å². The normalized spacial score (nSPS) is 23.1. The van der Waals surface area contributed by atoms with Crippen LogP contribution in [0, 0.1) is 16.0 Å². The number of aliphatic hydroxyl groups excluding tert-OH is 1. The van der Waals surface area contributed by atoms with Crippen LogP contribution in [0.5, 0.6) is 5.75 Å².